The first-order valence-electron chi connectivity index (χ1n) is 9.42. The van der Waals surface area contributed by atoms with Crippen LogP contribution in [0.5, 0.6) is 0 Å². The molecule has 0 bridgehead atoms. The molecule has 2 aliphatic rings. The van der Waals surface area contributed by atoms with Gasteiger partial charge in [-0.1, -0.05) is 24.3 Å². The van der Waals surface area contributed by atoms with Crippen molar-refractivity contribution in [2.45, 2.75) is 25.6 Å². The highest BCUT2D eigenvalue weighted by molar-refractivity contribution is 7.15. The van der Waals surface area contributed by atoms with E-state index in [0.29, 0.717) is 6.04 Å². The molecule has 0 radical (unpaired) electrons. The van der Waals surface area contributed by atoms with Gasteiger partial charge in [0.05, 0.1) is 13.2 Å². The van der Waals surface area contributed by atoms with Crippen molar-refractivity contribution < 1.29 is 4.74 Å². The average Bonchev–Trinajstić information content (AvgIpc) is 3.11. The maximum Gasteiger partial charge on any atom is 0.185 e. The lowest BCUT2D eigenvalue weighted by molar-refractivity contribution is 0.122. The van der Waals surface area contributed by atoms with Crippen LogP contribution in [0.25, 0.3) is 0 Å². The number of morpholine rings is 1. The van der Waals surface area contributed by atoms with Crippen LogP contribution >= 0.6 is 11.3 Å². The Morgan fingerprint density at radius 3 is 2.81 bits per heavy atom. The zero-order chi connectivity index (χ0) is 17.9. The molecule has 4 rings (SSSR count). The van der Waals surface area contributed by atoms with Crippen LogP contribution in [-0.2, 0) is 24.2 Å². The SMILES string of the molecule is CN(Cc1cnc(N2CCOCC2)s1)CC1Cc2ccccc2CN1C. The quantitative estimate of drug-likeness (QED) is 0.805. The predicted octanol–water partition coefficient (Wildman–Crippen LogP) is 2.47. The van der Waals surface area contributed by atoms with Gasteiger partial charge in [-0.2, -0.15) is 0 Å². The fourth-order valence-electron chi connectivity index (χ4n) is 3.88. The number of aromatic nitrogens is 1. The van der Waals surface area contributed by atoms with Crippen molar-refractivity contribution >= 4 is 16.5 Å². The Morgan fingerprint density at radius 1 is 1.23 bits per heavy atom. The number of hydrogen-bond donors (Lipinski definition) is 0. The highest BCUT2D eigenvalue weighted by Crippen LogP contribution is 2.26. The van der Waals surface area contributed by atoms with Gasteiger partial charge in [-0.3, -0.25) is 9.80 Å². The molecule has 140 valence electrons. The van der Waals surface area contributed by atoms with Crippen LogP contribution < -0.4 is 4.90 Å². The molecule has 1 fully saturated rings. The van der Waals surface area contributed by atoms with Gasteiger partial charge in [0.15, 0.2) is 5.13 Å². The smallest absolute Gasteiger partial charge is 0.185 e. The fourth-order valence-corrected chi connectivity index (χ4v) is 4.93. The average molecular weight is 373 g/mol. The summed E-state index contributed by atoms with van der Waals surface area (Å²) in [6.07, 6.45) is 3.19. The van der Waals surface area contributed by atoms with E-state index in [4.69, 9.17) is 4.74 Å². The molecule has 1 atom stereocenters. The Bertz CT molecular complexity index is 728. The van der Waals surface area contributed by atoms with Crippen LogP contribution in [0.4, 0.5) is 5.13 Å². The minimum Gasteiger partial charge on any atom is -0.378 e. The Morgan fingerprint density at radius 2 is 2.00 bits per heavy atom. The number of rotatable bonds is 5. The molecule has 3 heterocycles. The first-order valence-corrected chi connectivity index (χ1v) is 10.2. The summed E-state index contributed by atoms with van der Waals surface area (Å²) in [4.78, 5) is 13.2. The third-order valence-corrected chi connectivity index (χ3v) is 6.43. The largest absolute Gasteiger partial charge is 0.378 e. The number of hydrogen-bond acceptors (Lipinski definition) is 6. The van der Waals surface area contributed by atoms with E-state index in [1.54, 1.807) is 0 Å². The van der Waals surface area contributed by atoms with Crippen LogP contribution in [0.15, 0.2) is 30.5 Å². The highest BCUT2D eigenvalue weighted by Gasteiger charge is 2.24. The van der Waals surface area contributed by atoms with Gasteiger partial charge >= 0.3 is 0 Å². The Labute approximate surface area is 160 Å². The predicted molar refractivity (Wildman–Crippen MR) is 107 cm³/mol. The van der Waals surface area contributed by atoms with Crippen molar-refractivity contribution in [2.75, 3.05) is 51.8 Å². The molecule has 0 amide bonds. The molecule has 0 saturated carbocycles. The monoisotopic (exact) mass is 372 g/mol. The van der Waals surface area contributed by atoms with Crippen LogP contribution in [-0.4, -0.2) is 67.8 Å². The molecule has 0 N–H and O–H groups in total. The number of fused-ring (bicyclic) bond motifs is 1. The lowest BCUT2D eigenvalue weighted by Gasteiger charge is -2.36. The van der Waals surface area contributed by atoms with Gasteiger partial charge in [0.2, 0.25) is 0 Å². The van der Waals surface area contributed by atoms with Gasteiger partial charge in [0, 0.05) is 49.8 Å². The molecule has 0 aliphatic carbocycles. The maximum absolute atomic E-state index is 5.43. The van der Waals surface area contributed by atoms with E-state index in [0.717, 1.165) is 57.5 Å². The van der Waals surface area contributed by atoms with Crippen molar-refractivity contribution in [1.82, 2.24) is 14.8 Å². The van der Waals surface area contributed by atoms with Crippen molar-refractivity contribution in [2.24, 2.45) is 0 Å². The van der Waals surface area contributed by atoms with Crippen molar-refractivity contribution in [3.8, 4) is 0 Å². The standard InChI is InChI=1S/C20H28N4OS/c1-22(14-18-11-16-5-3-4-6-17(16)13-23(18)2)15-19-12-21-20(26-19)24-7-9-25-10-8-24/h3-6,12,18H,7-11,13-15H2,1-2H3. The molecule has 6 heteroatoms. The van der Waals surface area contributed by atoms with E-state index >= 15 is 0 Å². The first-order chi connectivity index (χ1) is 12.7. The first kappa shape index (κ1) is 17.9. The van der Waals surface area contributed by atoms with Gasteiger partial charge in [-0.05, 0) is 31.6 Å². The summed E-state index contributed by atoms with van der Waals surface area (Å²) < 4.78 is 5.43. The van der Waals surface area contributed by atoms with Gasteiger partial charge in [0.1, 0.15) is 0 Å². The second-order valence-electron chi connectivity index (χ2n) is 7.45. The van der Waals surface area contributed by atoms with Gasteiger partial charge in [0.25, 0.3) is 0 Å². The van der Waals surface area contributed by atoms with Gasteiger partial charge < -0.3 is 9.64 Å². The zero-order valence-corrected chi connectivity index (χ0v) is 16.5. The Balaban J connectivity index is 1.34. The van der Waals surface area contributed by atoms with Crippen LogP contribution in [0.3, 0.4) is 0 Å². The molecule has 26 heavy (non-hydrogen) atoms. The van der Waals surface area contributed by atoms with E-state index in [1.165, 1.54) is 16.0 Å². The summed E-state index contributed by atoms with van der Waals surface area (Å²) in [6, 6.07) is 9.43. The van der Waals surface area contributed by atoms with Crippen molar-refractivity contribution in [3.63, 3.8) is 0 Å². The molecule has 2 aliphatic heterocycles. The van der Waals surface area contributed by atoms with Gasteiger partial charge in [-0.25, -0.2) is 4.98 Å². The summed E-state index contributed by atoms with van der Waals surface area (Å²) in [7, 11) is 4.47. The van der Waals surface area contributed by atoms with E-state index in [1.807, 2.05) is 17.5 Å². The minimum absolute atomic E-state index is 0.571. The number of thiazole rings is 1. The molecule has 1 unspecified atom stereocenters. The van der Waals surface area contributed by atoms with Crippen molar-refractivity contribution in [1.29, 1.82) is 0 Å². The third-order valence-electron chi connectivity index (χ3n) is 5.39. The molecule has 5 nitrogen and oxygen atoms in total. The number of anilines is 1. The molecule has 1 aromatic carbocycles. The van der Waals surface area contributed by atoms with Crippen molar-refractivity contribution in [3.05, 3.63) is 46.5 Å². The van der Waals surface area contributed by atoms with E-state index < -0.39 is 0 Å². The lowest BCUT2D eigenvalue weighted by atomic mass is 9.94. The minimum atomic E-state index is 0.571. The second-order valence-corrected chi connectivity index (χ2v) is 8.54. The third kappa shape index (κ3) is 4.09. The number of ether oxygens (including phenoxy) is 1. The van der Waals surface area contributed by atoms with Crippen LogP contribution in [0.1, 0.15) is 16.0 Å². The maximum atomic E-state index is 5.43. The molecular formula is C20H28N4OS. The summed E-state index contributed by atoms with van der Waals surface area (Å²) in [5.41, 5.74) is 2.99. The van der Waals surface area contributed by atoms with Gasteiger partial charge in [-0.15, -0.1) is 11.3 Å². The normalized spacial score (nSPS) is 21.2. The summed E-state index contributed by atoms with van der Waals surface area (Å²) in [5.74, 6) is 0. The Kier molecular flexibility index (Phi) is 5.55. The molecule has 0 spiro atoms. The topological polar surface area (TPSA) is 31.8 Å². The van der Waals surface area contributed by atoms with E-state index in [9.17, 15) is 0 Å². The zero-order valence-electron chi connectivity index (χ0n) is 15.7. The molecular weight excluding hydrogens is 344 g/mol. The molecule has 1 saturated heterocycles. The Hall–Kier alpha value is -1.47. The van der Waals surface area contributed by atoms with E-state index in [-0.39, 0.29) is 0 Å². The summed E-state index contributed by atoms with van der Waals surface area (Å²) in [6.45, 7) is 6.62. The number of benzene rings is 1. The van der Waals surface area contributed by atoms with Crippen LogP contribution in [0, 0.1) is 0 Å². The fraction of sp³-hybridized carbons (Fsp3) is 0.550. The van der Waals surface area contributed by atoms with E-state index in [2.05, 4.69) is 58.0 Å². The number of likely N-dealkylation sites (N-methyl/N-ethyl adjacent to an activating group) is 2. The lowest BCUT2D eigenvalue weighted by Crippen LogP contribution is -2.44. The summed E-state index contributed by atoms with van der Waals surface area (Å²) in [5, 5.41) is 1.14. The van der Waals surface area contributed by atoms with Crippen LogP contribution in [0.2, 0.25) is 0 Å². The highest BCUT2D eigenvalue weighted by atomic mass is 32.1. The molecule has 2 aromatic rings. The molecule has 1 aromatic heterocycles. The number of nitrogens with zero attached hydrogens (tertiary/aromatic N) is 4. The summed E-state index contributed by atoms with van der Waals surface area (Å²) >= 11 is 1.82. The second kappa shape index (κ2) is 8.05.